The summed E-state index contributed by atoms with van der Waals surface area (Å²) in [6.45, 7) is 3.65. The third-order valence-electron chi connectivity index (χ3n) is 2.60. The minimum Gasteiger partial charge on any atom is -0.396 e. The Bertz CT molecular complexity index is 243. The summed E-state index contributed by atoms with van der Waals surface area (Å²) in [6, 6.07) is 0. The number of aliphatic hydroxyl groups is 1. The summed E-state index contributed by atoms with van der Waals surface area (Å²) in [4.78, 5) is 24.6. The van der Waals surface area contributed by atoms with Crippen molar-refractivity contribution in [3.05, 3.63) is 0 Å². The van der Waals surface area contributed by atoms with Crippen molar-refractivity contribution in [2.45, 2.75) is 19.8 Å². The van der Waals surface area contributed by atoms with Gasteiger partial charge in [0.05, 0.1) is 5.92 Å². The first-order valence-corrected chi connectivity index (χ1v) is 5.35. The molecule has 1 aliphatic rings. The summed E-state index contributed by atoms with van der Waals surface area (Å²) < 4.78 is 0. The van der Waals surface area contributed by atoms with Crippen LogP contribution in [0.15, 0.2) is 0 Å². The summed E-state index contributed by atoms with van der Waals surface area (Å²) in [7, 11) is 0. The average molecular weight is 214 g/mol. The van der Waals surface area contributed by atoms with Gasteiger partial charge >= 0.3 is 0 Å². The molecule has 0 spiro atoms. The zero-order chi connectivity index (χ0) is 11.3. The van der Waals surface area contributed by atoms with Gasteiger partial charge in [-0.15, -0.1) is 0 Å². The highest BCUT2D eigenvalue weighted by Crippen LogP contribution is 2.17. The number of nitrogens with one attached hydrogen (secondary N) is 1. The minimum absolute atomic E-state index is 0.0554. The first-order valence-electron chi connectivity index (χ1n) is 5.35. The highest BCUT2D eigenvalue weighted by atomic mass is 16.3. The Labute approximate surface area is 89.4 Å². The van der Waals surface area contributed by atoms with Crippen LogP contribution in [0.3, 0.4) is 0 Å². The van der Waals surface area contributed by atoms with E-state index in [1.165, 1.54) is 0 Å². The molecule has 2 N–H and O–H groups in total. The van der Waals surface area contributed by atoms with E-state index in [4.69, 9.17) is 5.11 Å². The molecule has 2 amide bonds. The number of carbonyl (C=O) groups excluding carboxylic acids is 2. The van der Waals surface area contributed by atoms with E-state index < -0.39 is 0 Å². The molecule has 5 heteroatoms. The molecule has 0 radical (unpaired) electrons. The zero-order valence-corrected chi connectivity index (χ0v) is 9.03. The normalized spacial score (nSPS) is 20.8. The Morgan fingerprint density at radius 3 is 2.93 bits per heavy atom. The van der Waals surface area contributed by atoms with Crippen LogP contribution in [-0.4, -0.2) is 48.1 Å². The lowest BCUT2D eigenvalue weighted by Gasteiger charge is -2.13. The number of amides is 2. The van der Waals surface area contributed by atoms with Crippen molar-refractivity contribution in [1.82, 2.24) is 10.2 Å². The molecule has 0 bridgehead atoms. The zero-order valence-electron chi connectivity index (χ0n) is 9.03. The monoisotopic (exact) mass is 214 g/mol. The molecule has 0 aromatic rings. The summed E-state index contributed by atoms with van der Waals surface area (Å²) >= 11 is 0. The van der Waals surface area contributed by atoms with Crippen molar-refractivity contribution >= 4 is 11.8 Å². The standard InChI is InChI=1S/C10H18N2O3/c1-2-12-7-8(6-9(12)14)10(15)11-4-3-5-13/h8,13H,2-7H2,1H3,(H,11,15). The van der Waals surface area contributed by atoms with Crippen molar-refractivity contribution in [2.75, 3.05) is 26.2 Å². The Hall–Kier alpha value is -1.10. The van der Waals surface area contributed by atoms with Gasteiger partial charge < -0.3 is 15.3 Å². The number of hydrogen-bond acceptors (Lipinski definition) is 3. The van der Waals surface area contributed by atoms with Crippen molar-refractivity contribution in [3.8, 4) is 0 Å². The highest BCUT2D eigenvalue weighted by molar-refractivity contribution is 5.89. The molecule has 1 rings (SSSR count). The lowest BCUT2D eigenvalue weighted by atomic mass is 10.1. The Balaban J connectivity index is 2.32. The van der Waals surface area contributed by atoms with E-state index in [1.807, 2.05) is 6.92 Å². The molecule has 1 saturated heterocycles. The van der Waals surface area contributed by atoms with Crippen molar-refractivity contribution in [3.63, 3.8) is 0 Å². The van der Waals surface area contributed by atoms with Crippen LogP contribution in [0.2, 0.25) is 0 Å². The Kier molecular flexibility index (Phi) is 4.55. The number of nitrogens with zero attached hydrogens (tertiary/aromatic N) is 1. The van der Waals surface area contributed by atoms with Gasteiger partial charge in [-0.1, -0.05) is 0 Å². The first kappa shape index (κ1) is 12.0. The summed E-state index contributed by atoms with van der Waals surface area (Å²) in [6.07, 6.45) is 0.878. The number of likely N-dealkylation sites (tertiary alicyclic amines) is 1. The maximum atomic E-state index is 11.6. The van der Waals surface area contributed by atoms with Crippen molar-refractivity contribution < 1.29 is 14.7 Å². The van der Waals surface area contributed by atoms with Gasteiger partial charge in [0.2, 0.25) is 11.8 Å². The van der Waals surface area contributed by atoms with Gasteiger partial charge in [-0.25, -0.2) is 0 Å². The molecule has 86 valence electrons. The van der Waals surface area contributed by atoms with E-state index in [0.717, 1.165) is 0 Å². The quantitative estimate of drug-likeness (QED) is 0.598. The molecule has 1 fully saturated rings. The van der Waals surface area contributed by atoms with Crippen molar-refractivity contribution in [1.29, 1.82) is 0 Å². The van der Waals surface area contributed by atoms with Gasteiger partial charge in [0.1, 0.15) is 0 Å². The van der Waals surface area contributed by atoms with E-state index in [1.54, 1.807) is 4.90 Å². The average Bonchev–Trinajstić information content (AvgIpc) is 2.60. The molecule has 0 aliphatic carbocycles. The van der Waals surface area contributed by atoms with Crippen molar-refractivity contribution in [2.24, 2.45) is 5.92 Å². The number of carbonyl (C=O) groups is 2. The molecular weight excluding hydrogens is 196 g/mol. The molecule has 1 heterocycles. The largest absolute Gasteiger partial charge is 0.396 e. The fraction of sp³-hybridized carbons (Fsp3) is 0.800. The van der Waals surface area contributed by atoms with E-state index in [0.29, 0.717) is 32.5 Å². The molecule has 1 atom stereocenters. The van der Waals surface area contributed by atoms with Gasteiger partial charge in [-0.2, -0.15) is 0 Å². The van der Waals surface area contributed by atoms with Gasteiger partial charge in [-0.05, 0) is 13.3 Å². The Morgan fingerprint density at radius 1 is 1.67 bits per heavy atom. The number of aliphatic hydroxyl groups excluding tert-OH is 1. The van der Waals surface area contributed by atoms with Gasteiger partial charge in [0, 0.05) is 32.7 Å². The molecule has 1 unspecified atom stereocenters. The van der Waals surface area contributed by atoms with Gasteiger partial charge in [0.15, 0.2) is 0 Å². The van der Waals surface area contributed by atoms with E-state index >= 15 is 0 Å². The molecule has 0 saturated carbocycles. The Morgan fingerprint density at radius 2 is 2.40 bits per heavy atom. The van der Waals surface area contributed by atoms with Crippen LogP contribution in [0.1, 0.15) is 19.8 Å². The van der Waals surface area contributed by atoms with E-state index in [9.17, 15) is 9.59 Å². The van der Waals surface area contributed by atoms with Crippen LogP contribution in [0.25, 0.3) is 0 Å². The number of hydrogen-bond donors (Lipinski definition) is 2. The second-order valence-electron chi connectivity index (χ2n) is 3.70. The molecule has 5 nitrogen and oxygen atoms in total. The molecule has 0 aromatic carbocycles. The molecule has 1 aliphatic heterocycles. The first-order chi connectivity index (χ1) is 7.19. The summed E-state index contributed by atoms with van der Waals surface area (Å²) in [5.41, 5.74) is 0. The third-order valence-corrected chi connectivity index (χ3v) is 2.60. The second-order valence-corrected chi connectivity index (χ2v) is 3.70. The highest BCUT2D eigenvalue weighted by Gasteiger charge is 2.32. The smallest absolute Gasteiger partial charge is 0.225 e. The predicted octanol–water partition coefficient (Wildman–Crippen LogP) is -0.647. The van der Waals surface area contributed by atoms with Crippen LogP contribution < -0.4 is 5.32 Å². The lowest BCUT2D eigenvalue weighted by Crippen LogP contribution is -2.33. The fourth-order valence-corrected chi connectivity index (χ4v) is 1.69. The number of rotatable bonds is 5. The minimum atomic E-state index is -0.212. The second kappa shape index (κ2) is 5.70. The van der Waals surface area contributed by atoms with E-state index in [2.05, 4.69) is 5.32 Å². The molecular formula is C10H18N2O3. The summed E-state index contributed by atoms with van der Waals surface area (Å²) in [5.74, 6) is -0.233. The van der Waals surface area contributed by atoms with Crippen LogP contribution in [0, 0.1) is 5.92 Å². The van der Waals surface area contributed by atoms with Crippen LogP contribution >= 0.6 is 0 Å². The van der Waals surface area contributed by atoms with E-state index in [-0.39, 0.29) is 24.3 Å². The van der Waals surface area contributed by atoms with Gasteiger partial charge in [0.25, 0.3) is 0 Å². The topological polar surface area (TPSA) is 69.6 Å². The van der Waals surface area contributed by atoms with Gasteiger partial charge in [-0.3, -0.25) is 9.59 Å². The fourth-order valence-electron chi connectivity index (χ4n) is 1.69. The summed E-state index contributed by atoms with van der Waals surface area (Å²) in [5, 5.41) is 11.3. The predicted molar refractivity (Wildman–Crippen MR) is 55.1 cm³/mol. The maximum Gasteiger partial charge on any atom is 0.225 e. The van der Waals surface area contributed by atoms with Crippen LogP contribution in [-0.2, 0) is 9.59 Å². The third kappa shape index (κ3) is 3.20. The molecule has 15 heavy (non-hydrogen) atoms. The SMILES string of the molecule is CCN1CC(C(=O)NCCCO)CC1=O. The lowest BCUT2D eigenvalue weighted by molar-refractivity contribution is -0.128. The molecule has 0 aromatic heterocycles. The maximum absolute atomic E-state index is 11.6. The van der Waals surface area contributed by atoms with Crippen LogP contribution in [0.5, 0.6) is 0 Å². The van der Waals surface area contributed by atoms with Crippen LogP contribution in [0.4, 0.5) is 0 Å².